The number of anilines is 2. The van der Waals surface area contributed by atoms with Gasteiger partial charge in [0.1, 0.15) is 9.88 Å². The molecule has 0 fully saturated rings. The van der Waals surface area contributed by atoms with Gasteiger partial charge in [-0.05, 0) is 36.8 Å². The zero-order chi connectivity index (χ0) is 20.8. The van der Waals surface area contributed by atoms with Crippen molar-refractivity contribution in [3.63, 3.8) is 0 Å². The molecule has 0 aliphatic heterocycles. The quantitative estimate of drug-likeness (QED) is 0.423. The van der Waals surface area contributed by atoms with Gasteiger partial charge in [-0.25, -0.2) is 14.4 Å². The third-order valence-corrected chi connectivity index (χ3v) is 4.83. The van der Waals surface area contributed by atoms with E-state index >= 15 is 0 Å². The topological polar surface area (TPSA) is 134 Å². The van der Waals surface area contributed by atoms with Crippen molar-refractivity contribution in [2.45, 2.75) is 6.92 Å². The summed E-state index contributed by atoms with van der Waals surface area (Å²) in [6.45, 7) is 0.945. The van der Waals surface area contributed by atoms with Crippen LogP contribution in [0.15, 0.2) is 24.3 Å². The number of rotatable bonds is 6. The molecule has 0 bridgehead atoms. The van der Waals surface area contributed by atoms with Gasteiger partial charge in [-0.3, -0.25) is 4.79 Å². The van der Waals surface area contributed by atoms with Crippen molar-refractivity contribution in [2.75, 3.05) is 31.9 Å². The van der Waals surface area contributed by atoms with E-state index in [-0.39, 0.29) is 21.0 Å². The fraction of sp³-hybridized carbons (Fsp3) is 0.222. The number of hydrogen-bond acceptors (Lipinski definition) is 9. The second-order valence-corrected chi connectivity index (χ2v) is 6.51. The van der Waals surface area contributed by atoms with Crippen LogP contribution < -0.4 is 11.1 Å². The van der Waals surface area contributed by atoms with E-state index < -0.39 is 30.4 Å². The highest BCUT2D eigenvalue weighted by atomic mass is 32.1. The van der Waals surface area contributed by atoms with Gasteiger partial charge in [0.05, 0.1) is 25.3 Å². The van der Waals surface area contributed by atoms with Crippen LogP contribution >= 0.6 is 11.3 Å². The number of carbonyl (C=O) groups excluding carboxylic acids is 4. The molecule has 9 nitrogen and oxygen atoms in total. The summed E-state index contributed by atoms with van der Waals surface area (Å²) in [5.74, 6) is -2.77. The summed E-state index contributed by atoms with van der Waals surface area (Å²) in [5, 5.41) is 2.55. The lowest BCUT2D eigenvalue weighted by Gasteiger charge is -2.07. The van der Waals surface area contributed by atoms with Gasteiger partial charge in [0, 0.05) is 5.69 Å². The Bertz CT molecular complexity index is 919. The van der Waals surface area contributed by atoms with Gasteiger partial charge in [-0.2, -0.15) is 0 Å². The molecular weight excluding hydrogens is 388 g/mol. The second-order valence-electron chi connectivity index (χ2n) is 5.49. The lowest BCUT2D eigenvalue weighted by molar-refractivity contribution is -0.119. The number of esters is 3. The van der Waals surface area contributed by atoms with Gasteiger partial charge < -0.3 is 25.3 Å². The van der Waals surface area contributed by atoms with Crippen molar-refractivity contribution >= 4 is 45.8 Å². The number of nitrogens with two attached hydrogens (primary N) is 1. The predicted molar refractivity (Wildman–Crippen MR) is 102 cm³/mol. The fourth-order valence-corrected chi connectivity index (χ4v) is 3.36. The first-order valence-corrected chi connectivity index (χ1v) is 8.72. The lowest BCUT2D eigenvalue weighted by Crippen LogP contribution is -2.21. The maximum atomic E-state index is 12.2. The highest BCUT2D eigenvalue weighted by Gasteiger charge is 2.27. The molecule has 1 heterocycles. The van der Waals surface area contributed by atoms with Crippen molar-refractivity contribution in [3.05, 3.63) is 45.8 Å². The Hall–Kier alpha value is -3.40. The van der Waals surface area contributed by atoms with Crippen molar-refractivity contribution in [3.8, 4) is 0 Å². The van der Waals surface area contributed by atoms with Gasteiger partial charge in [-0.15, -0.1) is 11.3 Å². The van der Waals surface area contributed by atoms with Gasteiger partial charge in [0.25, 0.3) is 5.91 Å². The first-order chi connectivity index (χ1) is 13.3. The zero-order valence-electron chi connectivity index (χ0n) is 15.4. The molecular formula is C18H18N2O7S. The standard InChI is InChI=1S/C18H18N2O7S/c1-9-13(17(23)25-2)15(28-14(9)18(24)26-3)20-12(21)8-27-16(22)10-4-6-11(19)7-5-10/h4-7H,8,19H2,1-3H3,(H,20,21). The van der Waals surface area contributed by atoms with Crippen LogP contribution in [-0.4, -0.2) is 44.6 Å². The van der Waals surface area contributed by atoms with Crippen molar-refractivity contribution in [1.29, 1.82) is 0 Å². The van der Waals surface area contributed by atoms with Crippen LogP contribution in [0.1, 0.15) is 36.0 Å². The Morgan fingerprint density at radius 1 is 1.00 bits per heavy atom. The minimum Gasteiger partial charge on any atom is -0.465 e. The first kappa shape index (κ1) is 20.9. The number of nitrogen functional groups attached to an aromatic ring is 1. The molecule has 10 heteroatoms. The van der Waals surface area contributed by atoms with E-state index in [9.17, 15) is 19.2 Å². The molecule has 0 aliphatic carbocycles. The summed E-state index contributed by atoms with van der Waals surface area (Å²) >= 11 is 0.861. The Morgan fingerprint density at radius 2 is 1.61 bits per heavy atom. The van der Waals surface area contributed by atoms with Gasteiger partial charge >= 0.3 is 17.9 Å². The molecule has 0 radical (unpaired) electrons. The third kappa shape index (κ3) is 4.65. The molecule has 0 aliphatic rings. The summed E-state index contributed by atoms with van der Waals surface area (Å²) in [6, 6.07) is 6.00. The number of carbonyl (C=O) groups is 4. The summed E-state index contributed by atoms with van der Waals surface area (Å²) in [7, 11) is 2.38. The SMILES string of the molecule is COC(=O)c1sc(NC(=O)COC(=O)c2ccc(N)cc2)c(C(=O)OC)c1C. The predicted octanol–water partition coefficient (Wildman–Crippen LogP) is 2.01. The average Bonchev–Trinajstić information content (AvgIpc) is 3.01. The largest absolute Gasteiger partial charge is 0.465 e. The van der Waals surface area contributed by atoms with Gasteiger partial charge in [0.15, 0.2) is 6.61 Å². The van der Waals surface area contributed by atoms with Crippen LogP contribution in [0.4, 0.5) is 10.7 Å². The highest BCUT2D eigenvalue weighted by Crippen LogP contribution is 2.34. The molecule has 1 amide bonds. The number of nitrogens with one attached hydrogen (secondary N) is 1. The molecule has 28 heavy (non-hydrogen) atoms. The normalized spacial score (nSPS) is 10.1. The second kappa shape index (κ2) is 9.00. The van der Waals surface area contributed by atoms with E-state index in [0.717, 1.165) is 11.3 Å². The van der Waals surface area contributed by atoms with E-state index in [4.69, 9.17) is 15.2 Å². The van der Waals surface area contributed by atoms with Crippen molar-refractivity contribution in [1.82, 2.24) is 0 Å². The average molecular weight is 406 g/mol. The molecule has 1 aromatic carbocycles. The van der Waals surface area contributed by atoms with Crippen LogP contribution in [0.25, 0.3) is 0 Å². The maximum absolute atomic E-state index is 12.2. The summed E-state index contributed by atoms with van der Waals surface area (Å²) in [5.41, 5.74) is 6.61. The monoisotopic (exact) mass is 406 g/mol. The smallest absolute Gasteiger partial charge is 0.348 e. The van der Waals surface area contributed by atoms with E-state index in [1.165, 1.54) is 45.4 Å². The molecule has 148 valence electrons. The molecule has 0 saturated carbocycles. The van der Waals surface area contributed by atoms with Crippen LogP contribution in [0.5, 0.6) is 0 Å². The minimum atomic E-state index is -0.724. The molecule has 1 aromatic heterocycles. The Kier molecular flexibility index (Phi) is 6.72. The number of thiophene rings is 1. The summed E-state index contributed by atoms with van der Waals surface area (Å²) < 4.78 is 14.3. The van der Waals surface area contributed by atoms with Gasteiger partial charge in [0.2, 0.25) is 0 Å². The summed E-state index contributed by atoms with van der Waals surface area (Å²) in [4.78, 5) is 48.1. The molecule has 0 saturated heterocycles. The molecule has 2 aromatic rings. The Balaban J connectivity index is 2.12. The number of hydrogen-bond donors (Lipinski definition) is 2. The van der Waals surface area contributed by atoms with E-state index in [1.807, 2.05) is 0 Å². The van der Waals surface area contributed by atoms with Crippen LogP contribution in [0, 0.1) is 6.92 Å². The fourth-order valence-electron chi connectivity index (χ4n) is 2.23. The number of amides is 1. The molecule has 0 atom stereocenters. The minimum absolute atomic E-state index is 0.0334. The van der Waals surface area contributed by atoms with Crippen molar-refractivity contribution in [2.24, 2.45) is 0 Å². The molecule has 0 spiro atoms. The lowest BCUT2D eigenvalue weighted by atomic mass is 10.1. The number of methoxy groups -OCH3 is 2. The van der Waals surface area contributed by atoms with Crippen molar-refractivity contribution < 1.29 is 33.4 Å². The molecule has 0 unspecified atom stereocenters. The molecule has 3 N–H and O–H groups in total. The van der Waals surface area contributed by atoms with E-state index in [2.05, 4.69) is 10.1 Å². The third-order valence-electron chi connectivity index (χ3n) is 3.64. The highest BCUT2D eigenvalue weighted by molar-refractivity contribution is 7.18. The number of benzene rings is 1. The zero-order valence-corrected chi connectivity index (χ0v) is 16.2. The molecule has 2 rings (SSSR count). The van der Waals surface area contributed by atoms with Crippen LogP contribution in [-0.2, 0) is 19.0 Å². The summed E-state index contributed by atoms with van der Waals surface area (Å²) in [6.07, 6.45) is 0. The van der Waals surface area contributed by atoms with E-state index in [1.54, 1.807) is 0 Å². The first-order valence-electron chi connectivity index (χ1n) is 7.91. The van der Waals surface area contributed by atoms with Gasteiger partial charge in [-0.1, -0.05) is 0 Å². The number of ether oxygens (including phenoxy) is 3. The van der Waals surface area contributed by atoms with Crippen LogP contribution in [0.3, 0.4) is 0 Å². The maximum Gasteiger partial charge on any atom is 0.348 e. The Morgan fingerprint density at radius 3 is 2.18 bits per heavy atom. The van der Waals surface area contributed by atoms with Crippen LogP contribution in [0.2, 0.25) is 0 Å². The Labute approximate surface area is 164 Å². The van der Waals surface area contributed by atoms with E-state index in [0.29, 0.717) is 11.3 Å².